The third kappa shape index (κ3) is 5.25. The molecule has 160 valence electrons. The van der Waals surface area contributed by atoms with E-state index in [-0.39, 0.29) is 6.61 Å². The molecule has 1 heterocycles. The standard InChI is InChI=1S/C19H30O9/c1-24-12-8-11(9-13(25-2)18(12)26-3)6-4-5-7-27-19-17(23)16(22)15(21)14(10-20)28-19/h8-9,14-17,19-23H,4-7,10H2,1-3H3. The zero-order valence-corrected chi connectivity index (χ0v) is 16.4. The van der Waals surface area contributed by atoms with Gasteiger partial charge in [-0.15, -0.1) is 0 Å². The fourth-order valence-corrected chi connectivity index (χ4v) is 3.12. The van der Waals surface area contributed by atoms with Crippen LogP contribution >= 0.6 is 0 Å². The summed E-state index contributed by atoms with van der Waals surface area (Å²) in [6.45, 7) is -0.195. The number of ether oxygens (including phenoxy) is 5. The molecule has 5 unspecified atom stereocenters. The molecule has 1 aliphatic rings. The molecule has 2 rings (SSSR count). The van der Waals surface area contributed by atoms with Gasteiger partial charge < -0.3 is 44.1 Å². The van der Waals surface area contributed by atoms with Gasteiger partial charge in [0.2, 0.25) is 5.75 Å². The van der Waals surface area contributed by atoms with Crippen molar-refractivity contribution in [2.45, 2.75) is 50.0 Å². The Kier molecular flexibility index (Phi) is 8.74. The largest absolute Gasteiger partial charge is 0.493 e. The first-order chi connectivity index (χ1) is 13.5. The number of aryl methyl sites for hydroxylation is 1. The Hall–Kier alpha value is -1.62. The number of benzene rings is 1. The molecular formula is C19H30O9. The predicted octanol–water partition coefficient (Wildman–Crippen LogP) is -0.148. The Morgan fingerprint density at radius 1 is 0.893 bits per heavy atom. The van der Waals surface area contributed by atoms with Crippen LogP contribution in [0.1, 0.15) is 18.4 Å². The van der Waals surface area contributed by atoms with Crippen molar-refractivity contribution in [1.29, 1.82) is 0 Å². The van der Waals surface area contributed by atoms with Crippen LogP contribution in [0.3, 0.4) is 0 Å². The van der Waals surface area contributed by atoms with Crippen LogP contribution in [-0.4, -0.2) is 85.7 Å². The van der Waals surface area contributed by atoms with E-state index in [0.717, 1.165) is 18.4 Å². The molecule has 0 spiro atoms. The Morgan fingerprint density at radius 2 is 1.54 bits per heavy atom. The normalized spacial score (nSPS) is 27.5. The first kappa shape index (κ1) is 22.7. The number of hydrogen-bond acceptors (Lipinski definition) is 9. The highest BCUT2D eigenvalue weighted by molar-refractivity contribution is 5.53. The summed E-state index contributed by atoms with van der Waals surface area (Å²) in [6.07, 6.45) is -4.07. The number of unbranched alkanes of at least 4 members (excludes halogenated alkanes) is 1. The lowest BCUT2D eigenvalue weighted by Gasteiger charge is -2.39. The zero-order valence-electron chi connectivity index (χ0n) is 16.4. The van der Waals surface area contributed by atoms with E-state index in [1.165, 1.54) is 0 Å². The molecule has 1 aromatic carbocycles. The number of hydrogen-bond donors (Lipinski definition) is 4. The van der Waals surface area contributed by atoms with Crippen molar-refractivity contribution in [2.75, 3.05) is 34.5 Å². The quantitative estimate of drug-likeness (QED) is 0.395. The van der Waals surface area contributed by atoms with Gasteiger partial charge in [0.15, 0.2) is 17.8 Å². The van der Waals surface area contributed by atoms with Gasteiger partial charge in [-0.1, -0.05) is 0 Å². The molecule has 9 heteroatoms. The maximum absolute atomic E-state index is 9.94. The molecule has 1 fully saturated rings. The minimum Gasteiger partial charge on any atom is -0.493 e. The molecule has 9 nitrogen and oxygen atoms in total. The molecule has 0 aromatic heterocycles. The van der Waals surface area contributed by atoms with Gasteiger partial charge in [0, 0.05) is 6.61 Å². The van der Waals surface area contributed by atoms with Crippen LogP contribution in [-0.2, 0) is 15.9 Å². The maximum Gasteiger partial charge on any atom is 0.203 e. The van der Waals surface area contributed by atoms with E-state index in [9.17, 15) is 20.4 Å². The van der Waals surface area contributed by atoms with Crippen molar-refractivity contribution in [3.8, 4) is 17.2 Å². The Morgan fingerprint density at radius 3 is 2.07 bits per heavy atom. The summed E-state index contributed by atoms with van der Waals surface area (Å²) < 4.78 is 26.8. The van der Waals surface area contributed by atoms with Gasteiger partial charge >= 0.3 is 0 Å². The van der Waals surface area contributed by atoms with Gasteiger partial charge in [0.05, 0.1) is 27.9 Å². The monoisotopic (exact) mass is 402 g/mol. The van der Waals surface area contributed by atoms with Gasteiger partial charge in [-0.25, -0.2) is 0 Å². The third-order valence-corrected chi connectivity index (χ3v) is 4.71. The van der Waals surface area contributed by atoms with Gasteiger partial charge in [-0.3, -0.25) is 0 Å². The second-order valence-electron chi connectivity index (χ2n) is 6.56. The fourth-order valence-electron chi connectivity index (χ4n) is 3.12. The van der Waals surface area contributed by atoms with Crippen LogP contribution in [0, 0.1) is 0 Å². The van der Waals surface area contributed by atoms with E-state index in [1.54, 1.807) is 21.3 Å². The first-order valence-corrected chi connectivity index (χ1v) is 9.17. The minimum absolute atomic E-state index is 0.285. The lowest BCUT2D eigenvalue weighted by molar-refractivity contribution is -0.301. The van der Waals surface area contributed by atoms with Crippen molar-refractivity contribution in [2.24, 2.45) is 0 Å². The average molecular weight is 402 g/mol. The lowest BCUT2D eigenvalue weighted by Crippen LogP contribution is -2.59. The van der Waals surface area contributed by atoms with E-state index in [0.29, 0.717) is 23.7 Å². The summed E-state index contributed by atoms with van der Waals surface area (Å²) >= 11 is 0. The van der Waals surface area contributed by atoms with E-state index >= 15 is 0 Å². The van der Waals surface area contributed by atoms with Crippen molar-refractivity contribution in [3.05, 3.63) is 17.7 Å². The molecule has 0 aliphatic carbocycles. The van der Waals surface area contributed by atoms with Gasteiger partial charge in [0.1, 0.15) is 24.4 Å². The summed E-state index contributed by atoms with van der Waals surface area (Å²) in [4.78, 5) is 0. The third-order valence-electron chi connectivity index (χ3n) is 4.71. The molecule has 28 heavy (non-hydrogen) atoms. The van der Waals surface area contributed by atoms with Crippen LogP contribution in [0.15, 0.2) is 12.1 Å². The molecule has 1 aliphatic heterocycles. The second kappa shape index (κ2) is 10.8. The topological polar surface area (TPSA) is 127 Å². The summed E-state index contributed by atoms with van der Waals surface area (Å²) in [5, 5.41) is 38.6. The smallest absolute Gasteiger partial charge is 0.203 e. The van der Waals surface area contributed by atoms with Crippen molar-refractivity contribution >= 4 is 0 Å². The number of aliphatic hydroxyl groups is 4. The molecule has 0 saturated carbocycles. The highest BCUT2D eigenvalue weighted by Crippen LogP contribution is 2.38. The van der Waals surface area contributed by atoms with Crippen LogP contribution in [0.25, 0.3) is 0 Å². The van der Waals surface area contributed by atoms with Crippen molar-refractivity contribution in [3.63, 3.8) is 0 Å². The molecule has 1 saturated heterocycles. The van der Waals surface area contributed by atoms with Gasteiger partial charge in [-0.05, 0) is 37.0 Å². The Bertz CT molecular complexity index is 582. The van der Waals surface area contributed by atoms with Crippen molar-refractivity contribution < 1.29 is 44.1 Å². The summed E-state index contributed by atoms with van der Waals surface area (Å²) in [6, 6.07) is 3.78. The van der Waals surface area contributed by atoms with Crippen LogP contribution in [0.5, 0.6) is 17.2 Å². The SMILES string of the molecule is COc1cc(CCCCOC2OC(CO)C(O)C(O)C2O)cc(OC)c1OC. The van der Waals surface area contributed by atoms with Crippen molar-refractivity contribution in [1.82, 2.24) is 0 Å². The summed E-state index contributed by atoms with van der Waals surface area (Å²) in [7, 11) is 4.68. The molecule has 0 amide bonds. The molecule has 1 aromatic rings. The summed E-state index contributed by atoms with van der Waals surface area (Å²) in [5.41, 5.74) is 1.02. The molecule has 0 bridgehead atoms. The van der Waals surface area contributed by atoms with E-state index in [4.69, 9.17) is 23.7 Å². The van der Waals surface area contributed by atoms with E-state index in [2.05, 4.69) is 0 Å². The highest BCUT2D eigenvalue weighted by Gasteiger charge is 2.43. The molecule has 5 atom stereocenters. The van der Waals surface area contributed by atoms with E-state index < -0.39 is 37.3 Å². The predicted molar refractivity (Wildman–Crippen MR) is 98.8 cm³/mol. The first-order valence-electron chi connectivity index (χ1n) is 9.17. The maximum atomic E-state index is 9.94. The average Bonchev–Trinajstić information content (AvgIpc) is 2.72. The number of aliphatic hydroxyl groups excluding tert-OH is 4. The van der Waals surface area contributed by atoms with Gasteiger partial charge in [-0.2, -0.15) is 0 Å². The van der Waals surface area contributed by atoms with Crippen LogP contribution < -0.4 is 14.2 Å². The molecule has 4 N–H and O–H groups in total. The van der Waals surface area contributed by atoms with Crippen LogP contribution in [0.2, 0.25) is 0 Å². The van der Waals surface area contributed by atoms with E-state index in [1.807, 2.05) is 12.1 Å². The number of methoxy groups -OCH3 is 3. The Balaban J connectivity index is 1.83. The van der Waals surface area contributed by atoms with Gasteiger partial charge in [0.25, 0.3) is 0 Å². The second-order valence-corrected chi connectivity index (χ2v) is 6.56. The highest BCUT2D eigenvalue weighted by atomic mass is 16.7. The van der Waals surface area contributed by atoms with Crippen LogP contribution in [0.4, 0.5) is 0 Å². The lowest BCUT2D eigenvalue weighted by atomic mass is 9.99. The summed E-state index contributed by atoms with van der Waals surface area (Å²) in [5.74, 6) is 1.73. The number of rotatable bonds is 10. The Labute approximate surface area is 164 Å². The minimum atomic E-state index is -1.44. The molecule has 0 radical (unpaired) electrons. The zero-order chi connectivity index (χ0) is 20.7. The molecular weight excluding hydrogens is 372 g/mol. The fraction of sp³-hybridized carbons (Fsp3) is 0.684.